The molecule has 1 aromatic carbocycles. The Bertz CT molecular complexity index is 378. The molecule has 2 unspecified atom stereocenters. The van der Waals surface area contributed by atoms with Gasteiger partial charge in [0.1, 0.15) is 0 Å². The molecule has 0 amide bonds. The zero-order valence-electron chi connectivity index (χ0n) is 10.6. The number of nitrogens with one attached hydrogen (secondary N) is 1. The Hall–Kier alpha value is -0.900. The second kappa shape index (κ2) is 5.63. The molecule has 0 fully saturated rings. The fraction of sp³-hybridized carbons (Fsp3) is 0.571. The third-order valence-electron chi connectivity index (χ3n) is 3.40. The summed E-state index contributed by atoms with van der Waals surface area (Å²) in [6.07, 6.45) is 2.23. The number of benzene rings is 1. The van der Waals surface area contributed by atoms with Crippen molar-refractivity contribution < 1.29 is 9.84 Å². The van der Waals surface area contributed by atoms with Crippen LogP contribution in [0.25, 0.3) is 0 Å². The van der Waals surface area contributed by atoms with Crippen molar-refractivity contribution in [3.8, 4) is 0 Å². The first kappa shape index (κ1) is 12.6. The smallest absolute Gasteiger partial charge is 0.0638 e. The van der Waals surface area contributed by atoms with Gasteiger partial charge in [-0.15, -0.1) is 0 Å². The van der Waals surface area contributed by atoms with E-state index < -0.39 is 0 Å². The average Bonchev–Trinajstić information content (AvgIpc) is 2.71. The highest BCUT2D eigenvalue weighted by Gasteiger charge is 2.24. The highest BCUT2D eigenvalue weighted by molar-refractivity contribution is 5.37. The number of methoxy groups -OCH3 is 1. The number of aliphatic hydroxyl groups excluding tert-OH is 1. The summed E-state index contributed by atoms with van der Waals surface area (Å²) in [7, 11) is 1.66. The molecule has 1 aromatic rings. The Morgan fingerprint density at radius 2 is 2.35 bits per heavy atom. The molecular weight excluding hydrogens is 214 g/mol. The molecule has 0 bridgehead atoms. The van der Waals surface area contributed by atoms with E-state index in [1.165, 1.54) is 16.7 Å². The molecule has 3 nitrogen and oxygen atoms in total. The first-order chi connectivity index (χ1) is 8.24. The molecule has 2 N–H and O–H groups in total. The molecular formula is C14H21NO2. The minimum atomic E-state index is 0.0245. The maximum absolute atomic E-state index is 9.28. The molecule has 0 spiro atoms. The Balaban J connectivity index is 2.08. The van der Waals surface area contributed by atoms with E-state index in [1.807, 2.05) is 0 Å². The topological polar surface area (TPSA) is 41.5 Å². The van der Waals surface area contributed by atoms with Gasteiger partial charge in [-0.05, 0) is 30.9 Å². The highest BCUT2D eigenvalue weighted by Crippen LogP contribution is 2.31. The third-order valence-corrected chi connectivity index (χ3v) is 3.40. The lowest BCUT2D eigenvalue weighted by molar-refractivity contribution is 0.122. The van der Waals surface area contributed by atoms with E-state index in [1.54, 1.807) is 7.11 Å². The number of hydrogen-bond donors (Lipinski definition) is 2. The number of aliphatic hydroxyl groups is 1. The molecule has 0 aliphatic heterocycles. The van der Waals surface area contributed by atoms with Crippen LogP contribution in [0.5, 0.6) is 0 Å². The van der Waals surface area contributed by atoms with Crippen LogP contribution in [-0.4, -0.2) is 31.5 Å². The third kappa shape index (κ3) is 2.86. The van der Waals surface area contributed by atoms with Crippen LogP contribution in [-0.2, 0) is 11.2 Å². The normalized spacial score (nSPS) is 20.3. The quantitative estimate of drug-likeness (QED) is 0.814. The SMILES string of the molecule is COCC(CO)NC1CCc2ccc(C)cc21. The summed E-state index contributed by atoms with van der Waals surface area (Å²) < 4.78 is 5.09. The molecule has 1 aliphatic carbocycles. The van der Waals surface area contributed by atoms with Crippen molar-refractivity contribution in [1.82, 2.24) is 5.32 Å². The molecule has 0 heterocycles. The summed E-state index contributed by atoms with van der Waals surface area (Å²) in [5.41, 5.74) is 4.12. The maximum atomic E-state index is 9.28. The summed E-state index contributed by atoms with van der Waals surface area (Å²) in [5, 5.41) is 12.8. The van der Waals surface area contributed by atoms with Gasteiger partial charge in [0, 0.05) is 13.2 Å². The van der Waals surface area contributed by atoms with Crippen molar-refractivity contribution in [2.24, 2.45) is 0 Å². The van der Waals surface area contributed by atoms with Crippen molar-refractivity contribution in [2.45, 2.75) is 31.8 Å². The second-order valence-corrected chi connectivity index (χ2v) is 4.80. The standard InChI is InChI=1S/C14H21NO2/c1-10-3-4-11-5-6-14(13(11)7-10)15-12(8-16)9-17-2/h3-4,7,12,14-16H,5-6,8-9H2,1-2H3. The lowest BCUT2D eigenvalue weighted by Crippen LogP contribution is -2.38. The number of fused-ring (bicyclic) bond motifs is 1. The summed E-state index contributed by atoms with van der Waals surface area (Å²) in [6, 6.07) is 7.02. The van der Waals surface area contributed by atoms with Gasteiger partial charge in [0.05, 0.1) is 19.3 Å². The lowest BCUT2D eigenvalue weighted by atomic mass is 10.0. The lowest BCUT2D eigenvalue weighted by Gasteiger charge is -2.21. The molecule has 0 radical (unpaired) electrons. The Kier molecular flexibility index (Phi) is 4.15. The van der Waals surface area contributed by atoms with E-state index in [-0.39, 0.29) is 12.6 Å². The van der Waals surface area contributed by atoms with Crippen molar-refractivity contribution >= 4 is 0 Å². The Morgan fingerprint density at radius 3 is 3.06 bits per heavy atom. The van der Waals surface area contributed by atoms with Crippen molar-refractivity contribution in [1.29, 1.82) is 0 Å². The molecule has 94 valence electrons. The number of hydrogen-bond acceptors (Lipinski definition) is 3. The van der Waals surface area contributed by atoms with Crippen LogP contribution in [0.4, 0.5) is 0 Å². The monoisotopic (exact) mass is 235 g/mol. The molecule has 0 aromatic heterocycles. The zero-order valence-corrected chi connectivity index (χ0v) is 10.6. The van der Waals surface area contributed by atoms with Crippen LogP contribution in [0.15, 0.2) is 18.2 Å². The van der Waals surface area contributed by atoms with Crippen LogP contribution < -0.4 is 5.32 Å². The predicted molar refractivity (Wildman–Crippen MR) is 68.1 cm³/mol. The van der Waals surface area contributed by atoms with Gasteiger partial charge in [-0.1, -0.05) is 23.8 Å². The zero-order chi connectivity index (χ0) is 12.3. The van der Waals surface area contributed by atoms with E-state index in [2.05, 4.69) is 30.4 Å². The maximum Gasteiger partial charge on any atom is 0.0638 e. The van der Waals surface area contributed by atoms with E-state index in [9.17, 15) is 5.11 Å². The average molecular weight is 235 g/mol. The number of aryl methyl sites for hydroxylation is 2. The van der Waals surface area contributed by atoms with Crippen LogP contribution in [0, 0.1) is 6.92 Å². The van der Waals surface area contributed by atoms with Gasteiger partial charge in [-0.25, -0.2) is 0 Å². The fourth-order valence-corrected chi connectivity index (χ4v) is 2.53. The first-order valence-electron chi connectivity index (χ1n) is 6.20. The van der Waals surface area contributed by atoms with Crippen LogP contribution in [0.2, 0.25) is 0 Å². The molecule has 2 rings (SSSR count). The predicted octanol–water partition coefficient (Wildman–Crippen LogP) is 1.58. The van der Waals surface area contributed by atoms with Gasteiger partial charge in [0.15, 0.2) is 0 Å². The van der Waals surface area contributed by atoms with Crippen molar-refractivity contribution in [2.75, 3.05) is 20.3 Å². The number of rotatable bonds is 5. The summed E-state index contributed by atoms with van der Waals surface area (Å²) in [4.78, 5) is 0. The molecule has 0 saturated heterocycles. The van der Waals surface area contributed by atoms with Gasteiger partial charge in [0.25, 0.3) is 0 Å². The van der Waals surface area contributed by atoms with Crippen LogP contribution in [0.1, 0.15) is 29.2 Å². The van der Waals surface area contributed by atoms with Gasteiger partial charge >= 0.3 is 0 Å². The molecule has 1 aliphatic rings. The molecule has 2 atom stereocenters. The minimum absolute atomic E-state index is 0.0245. The van der Waals surface area contributed by atoms with Crippen molar-refractivity contribution in [3.05, 3.63) is 34.9 Å². The minimum Gasteiger partial charge on any atom is -0.395 e. The molecule has 0 saturated carbocycles. The summed E-state index contributed by atoms with van der Waals surface area (Å²) >= 11 is 0. The Morgan fingerprint density at radius 1 is 1.53 bits per heavy atom. The second-order valence-electron chi connectivity index (χ2n) is 4.80. The van der Waals surface area contributed by atoms with Crippen LogP contribution in [0.3, 0.4) is 0 Å². The van der Waals surface area contributed by atoms with E-state index >= 15 is 0 Å². The molecule has 17 heavy (non-hydrogen) atoms. The van der Waals surface area contributed by atoms with E-state index in [0.29, 0.717) is 12.6 Å². The van der Waals surface area contributed by atoms with Gasteiger partial charge in [0.2, 0.25) is 0 Å². The number of ether oxygens (including phenoxy) is 1. The summed E-state index contributed by atoms with van der Waals surface area (Å²) in [5.74, 6) is 0. The van der Waals surface area contributed by atoms with E-state index in [4.69, 9.17) is 4.74 Å². The van der Waals surface area contributed by atoms with E-state index in [0.717, 1.165) is 12.8 Å². The van der Waals surface area contributed by atoms with Crippen molar-refractivity contribution in [3.63, 3.8) is 0 Å². The fourth-order valence-electron chi connectivity index (χ4n) is 2.53. The largest absolute Gasteiger partial charge is 0.395 e. The first-order valence-corrected chi connectivity index (χ1v) is 6.20. The van der Waals surface area contributed by atoms with Gasteiger partial charge in [-0.3, -0.25) is 0 Å². The summed E-state index contributed by atoms with van der Waals surface area (Å²) in [6.45, 7) is 2.79. The van der Waals surface area contributed by atoms with Gasteiger partial charge in [-0.2, -0.15) is 0 Å². The highest BCUT2D eigenvalue weighted by atomic mass is 16.5. The molecule has 3 heteroatoms. The Labute approximate surface area is 103 Å². The van der Waals surface area contributed by atoms with Gasteiger partial charge < -0.3 is 15.2 Å². The van der Waals surface area contributed by atoms with Crippen LogP contribution >= 0.6 is 0 Å².